The van der Waals surface area contributed by atoms with Crippen LogP contribution in [0.1, 0.15) is 13.8 Å². The maximum absolute atomic E-state index is 11.9. The molecule has 0 fully saturated rings. The molecule has 0 saturated heterocycles. The molecule has 0 amide bonds. The van der Waals surface area contributed by atoms with Gasteiger partial charge in [-0.3, -0.25) is 0 Å². The number of hydrogen-bond donors (Lipinski definition) is 3. The fourth-order valence-electron chi connectivity index (χ4n) is 1.90. The Labute approximate surface area is 133 Å². The molecule has 0 aliphatic carbocycles. The van der Waals surface area contributed by atoms with Crippen molar-refractivity contribution in [3.05, 3.63) is 29.3 Å². The third-order valence-electron chi connectivity index (χ3n) is 2.77. The molecule has 0 radical (unpaired) electrons. The molecule has 0 bridgehead atoms. The highest BCUT2D eigenvalue weighted by atomic mass is 35.5. The van der Waals surface area contributed by atoms with Crippen molar-refractivity contribution in [3.8, 4) is 22.8 Å². The van der Waals surface area contributed by atoms with Gasteiger partial charge in [0.1, 0.15) is 0 Å². The number of nitrogens with one attached hydrogen (secondary N) is 1. The van der Waals surface area contributed by atoms with Gasteiger partial charge in [0.2, 0.25) is 21.5 Å². The molecule has 1 aromatic heterocycles. The van der Waals surface area contributed by atoms with Crippen molar-refractivity contribution in [1.82, 2.24) is 0 Å². The van der Waals surface area contributed by atoms with Crippen LogP contribution in [0, 0.1) is 5.92 Å². The minimum absolute atomic E-state index is 0.0450. The largest absolute Gasteiger partial charge is 0.502 e. The maximum Gasteiger partial charge on any atom is 0.253 e. The standard InChI is InChI=1S/C14H16ClNO5S/c1-8(2)7-22(19,20)16-14-12(18)11(17)13(21-14)9-3-5-10(15)6-4-9/h3-6,8,16-18H,7H2,1-2H3. The summed E-state index contributed by atoms with van der Waals surface area (Å²) in [6, 6.07) is 6.32. The zero-order valence-corrected chi connectivity index (χ0v) is 13.6. The number of furan rings is 1. The molecule has 2 rings (SSSR count). The van der Waals surface area contributed by atoms with Crippen LogP contribution in [0.3, 0.4) is 0 Å². The van der Waals surface area contributed by atoms with Crippen LogP contribution in [0.5, 0.6) is 11.5 Å². The Morgan fingerprint density at radius 3 is 2.32 bits per heavy atom. The monoisotopic (exact) mass is 345 g/mol. The molecule has 0 saturated carbocycles. The second-order valence-electron chi connectivity index (χ2n) is 5.24. The van der Waals surface area contributed by atoms with Gasteiger partial charge in [0.05, 0.1) is 5.75 Å². The summed E-state index contributed by atoms with van der Waals surface area (Å²) in [6.45, 7) is 3.50. The first-order valence-electron chi connectivity index (χ1n) is 6.50. The van der Waals surface area contributed by atoms with Gasteiger partial charge in [0.25, 0.3) is 5.88 Å². The van der Waals surface area contributed by atoms with Gasteiger partial charge in [-0.1, -0.05) is 25.4 Å². The molecule has 2 aromatic rings. The first kappa shape index (κ1) is 16.5. The van der Waals surface area contributed by atoms with E-state index in [4.69, 9.17) is 16.0 Å². The lowest BCUT2D eigenvalue weighted by molar-refractivity contribution is 0.410. The van der Waals surface area contributed by atoms with Gasteiger partial charge >= 0.3 is 0 Å². The van der Waals surface area contributed by atoms with Crippen molar-refractivity contribution in [2.45, 2.75) is 13.8 Å². The van der Waals surface area contributed by atoms with E-state index >= 15 is 0 Å². The smallest absolute Gasteiger partial charge is 0.253 e. The molecule has 120 valence electrons. The van der Waals surface area contributed by atoms with Crippen LogP contribution in [-0.2, 0) is 10.0 Å². The fraction of sp³-hybridized carbons (Fsp3) is 0.286. The molecule has 0 aliphatic rings. The molecule has 1 aromatic carbocycles. The summed E-state index contributed by atoms with van der Waals surface area (Å²) < 4.78 is 31.2. The first-order valence-corrected chi connectivity index (χ1v) is 8.54. The van der Waals surface area contributed by atoms with E-state index in [9.17, 15) is 18.6 Å². The maximum atomic E-state index is 11.9. The summed E-state index contributed by atoms with van der Waals surface area (Å²) in [7, 11) is -3.68. The van der Waals surface area contributed by atoms with E-state index in [1.807, 2.05) is 0 Å². The van der Waals surface area contributed by atoms with E-state index in [0.717, 1.165) is 0 Å². The number of sulfonamides is 1. The van der Waals surface area contributed by atoms with Gasteiger partial charge < -0.3 is 14.6 Å². The molecular weight excluding hydrogens is 330 g/mol. The van der Waals surface area contributed by atoms with Crippen LogP contribution < -0.4 is 4.72 Å². The van der Waals surface area contributed by atoms with Crippen molar-refractivity contribution in [2.75, 3.05) is 10.5 Å². The van der Waals surface area contributed by atoms with Crippen molar-refractivity contribution in [2.24, 2.45) is 5.92 Å². The summed E-state index contributed by atoms with van der Waals surface area (Å²) in [6.07, 6.45) is 0. The van der Waals surface area contributed by atoms with Gasteiger partial charge in [0, 0.05) is 10.6 Å². The van der Waals surface area contributed by atoms with Crippen LogP contribution >= 0.6 is 11.6 Å². The van der Waals surface area contributed by atoms with Crippen LogP contribution in [0.15, 0.2) is 28.7 Å². The van der Waals surface area contributed by atoms with Gasteiger partial charge in [-0.15, -0.1) is 0 Å². The second-order valence-corrected chi connectivity index (χ2v) is 7.45. The predicted octanol–water partition coefficient (Wildman–Crippen LogP) is 3.41. The highest BCUT2D eigenvalue weighted by Gasteiger charge is 2.24. The topological polar surface area (TPSA) is 99.8 Å². The number of aromatic hydroxyl groups is 2. The number of rotatable bonds is 5. The number of benzene rings is 1. The van der Waals surface area contributed by atoms with Crippen LogP contribution in [0.25, 0.3) is 11.3 Å². The quantitative estimate of drug-likeness (QED) is 0.771. The summed E-state index contributed by atoms with van der Waals surface area (Å²) >= 11 is 5.78. The SMILES string of the molecule is CC(C)CS(=O)(=O)Nc1oc(-c2ccc(Cl)cc2)c(O)c1O. The lowest BCUT2D eigenvalue weighted by Gasteiger charge is -2.07. The highest BCUT2D eigenvalue weighted by Crippen LogP contribution is 2.45. The summed E-state index contributed by atoms with van der Waals surface area (Å²) in [5.41, 5.74) is 0.450. The molecule has 1 heterocycles. The summed E-state index contributed by atoms with van der Waals surface area (Å²) in [4.78, 5) is 0. The highest BCUT2D eigenvalue weighted by molar-refractivity contribution is 7.92. The molecule has 6 nitrogen and oxygen atoms in total. The van der Waals surface area contributed by atoms with Crippen LogP contribution in [0.4, 0.5) is 5.88 Å². The molecule has 8 heteroatoms. The van der Waals surface area contributed by atoms with E-state index in [1.165, 1.54) is 0 Å². The average molecular weight is 346 g/mol. The molecule has 22 heavy (non-hydrogen) atoms. The molecule has 0 aliphatic heterocycles. The molecule has 0 atom stereocenters. The van der Waals surface area contributed by atoms with Crippen molar-refractivity contribution in [3.63, 3.8) is 0 Å². The summed E-state index contributed by atoms with van der Waals surface area (Å²) in [5.74, 6) is -1.88. The fourth-order valence-corrected chi connectivity index (χ4v) is 3.41. The van der Waals surface area contributed by atoms with E-state index < -0.39 is 27.4 Å². The third kappa shape index (κ3) is 3.66. The Balaban J connectivity index is 2.36. The number of halogens is 1. The molecule has 3 N–H and O–H groups in total. The number of anilines is 1. The van der Waals surface area contributed by atoms with E-state index in [2.05, 4.69) is 4.72 Å². The third-order valence-corrected chi connectivity index (χ3v) is 4.62. The van der Waals surface area contributed by atoms with Crippen LogP contribution in [-0.4, -0.2) is 24.4 Å². The van der Waals surface area contributed by atoms with Gasteiger partial charge in [-0.25, -0.2) is 13.1 Å². The van der Waals surface area contributed by atoms with E-state index in [-0.39, 0.29) is 17.4 Å². The lowest BCUT2D eigenvalue weighted by atomic mass is 10.1. The normalized spacial score (nSPS) is 11.8. The zero-order valence-electron chi connectivity index (χ0n) is 12.0. The molecule has 0 spiro atoms. The molecule has 0 unspecified atom stereocenters. The van der Waals surface area contributed by atoms with Crippen molar-refractivity contribution in [1.29, 1.82) is 0 Å². The Hall–Kier alpha value is -1.86. The van der Waals surface area contributed by atoms with Crippen LogP contribution in [0.2, 0.25) is 5.02 Å². The van der Waals surface area contributed by atoms with E-state index in [1.54, 1.807) is 38.1 Å². The second kappa shape index (κ2) is 6.10. The Morgan fingerprint density at radius 1 is 1.18 bits per heavy atom. The van der Waals surface area contributed by atoms with Gasteiger partial charge in [0.15, 0.2) is 5.76 Å². The Bertz CT molecular complexity index is 765. The average Bonchev–Trinajstić information content (AvgIpc) is 2.66. The lowest BCUT2D eigenvalue weighted by Crippen LogP contribution is -2.19. The van der Waals surface area contributed by atoms with Crippen molar-refractivity contribution >= 4 is 27.5 Å². The van der Waals surface area contributed by atoms with Gasteiger partial charge in [-0.2, -0.15) is 0 Å². The molecular formula is C14H16ClNO5S. The predicted molar refractivity (Wildman–Crippen MR) is 84.7 cm³/mol. The van der Waals surface area contributed by atoms with Crippen molar-refractivity contribution < 1.29 is 23.0 Å². The minimum Gasteiger partial charge on any atom is -0.502 e. The first-order chi connectivity index (χ1) is 10.2. The van der Waals surface area contributed by atoms with E-state index in [0.29, 0.717) is 10.6 Å². The number of hydrogen-bond acceptors (Lipinski definition) is 5. The zero-order chi connectivity index (χ0) is 16.5. The minimum atomic E-state index is -3.68. The summed E-state index contributed by atoms with van der Waals surface area (Å²) in [5, 5.41) is 20.2. The van der Waals surface area contributed by atoms with Gasteiger partial charge in [-0.05, 0) is 30.2 Å². The Kier molecular flexibility index (Phi) is 4.58. The Morgan fingerprint density at radius 2 is 1.77 bits per heavy atom.